The third kappa shape index (κ3) is 3.19. The number of hydrogen-bond donors (Lipinski definition) is 0. The van der Waals surface area contributed by atoms with E-state index in [2.05, 4.69) is 31.9 Å². The molecule has 2 rings (SSSR count). The largest absolute Gasteiger partial charge is 0.291 e. The molecule has 0 unspecified atom stereocenters. The van der Waals surface area contributed by atoms with Gasteiger partial charge in [0.15, 0.2) is 11.6 Å². The molecule has 0 heterocycles. The van der Waals surface area contributed by atoms with Crippen molar-refractivity contribution in [3.63, 3.8) is 0 Å². The number of carbonyl (C=O) groups excluding carboxylic acids is 2. The zero-order valence-electron chi connectivity index (χ0n) is 10.1. The van der Waals surface area contributed by atoms with Crippen LogP contribution in [-0.2, 0) is 0 Å². The highest BCUT2D eigenvalue weighted by Crippen LogP contribution is 2.34. The van der Waals surface area contributed by atoms with Crippen LogP contribution in [0.25, 0.3) is 0 Å². The van der Waals surface area contributed by atoms with Gasteiger partial charge >= 0.3 is 0 Å². The Bertz CT molecular complexity index is 637. The smallest absolute Gasteiger partial charge is 0.205 e. The average molecular weight is 416 g/mol. The summed E-state index contributed by atoms with van der Waals surface area (Å²) in [6, 6.07) is 15.0. The van der Waals surface area contributed by atoms with Crippen molar-refractivity contribution in [2.24, 2.45) is 0 Å². The number of Topliss-reactive ketones (excluding diaryl/α,β-unsaturated/α-hetero) is 2. The van der Waals surface area contributed by atoms with Gasteiger partial charge in [0.1, 0.15) is 0 Å². The molecule has 20 heavy (non-hydrogen) atoms. The van der Waals surface area contributed by atoms with Gasteiger partial charge in [-0.3, -0.25) is 9.59 Å². The summed E-state index contributed by atoms with van der Waals surface area (Å²) in [4.78, 5) is 24.8. The van der Waals surface area contributed by atoms with Gasteiger partial charge in [-0.15, -0.1) is 0 Å². The van der Waals surface area contributed by atoms with Crippen LogP contribution in [0.4, 0.5) is 0 Å². The fourth-order valence-corrected chi connectivity index (χ4v) is 2.70. The van der Waals surface area contributed by atoms with Gasteiger partial charge < -0.3 is 0 Å². The van der Waals surface area contributed by atoms with Crippen LogP contribution < -0.4 is 0 Å². The fraction of sp³-hybridized carbons (Fsp3) is 0.0667. The van der Waals surface area contributed by atoms with Crippen LogP contribution in [-0.4, -0.2) is 14.8 Å². The molecule has 0 N–H and O–H groups in total. The Morgan fingerprint density at radius 3 is 1.75 bits per heavy atom. The van der Waals surface area contributed by atoms with Crippen molar-refractivity contribution in [3.8, 4) is 0 Å². The third-order valence-corrected chi connectivity index (χ3v) is 4.41. The molecule has 0 atom stereocenters. The highest BCUT2D eigenvalue weighted by molar-refractivity contribution is 9.26. The lowest BCUT2D eigenvalue weighted by Crippen LogP contribution is -2.34. The standard InChI is InChI=1S/C15H9Br2ClO2/c16-15(17,13(19)10-4-2-1-3-5-10)14(20)11-6-8-12(18)9-7-11/h1-9H. The second-order valence-electron chi connectivity index (χ2n) is 4.11. The van der Waals surface area contributed by atoms with E-state index in [0.29, 0.717) is 16.1 Å². The summed E-state index contributed by atoms with van der Waals surface area (Å²) in [7, 11) is 0. The highest BCUT2D eigenvalue weighted by atomic mass is 79.9. The molecule has 2 nitrogen and oxygen atoms in total. The third-order valence-electron chi connectivity index (χ3n) is 2.71. The number of hydrogen-bond acceptors (Lipinski definition) is 2. The Hall–Kier alpha value is -0.970. The van der Waals surface area contributed by atoms with Crippen LogP contribution in [0.1, 0.15) is 20.7 Å². The number of carbonyl (C=O) groups is 2. The predicted molar refractivity (Wildman–Crippen MR) is 87.1 cm³/mol. The Labute approximate surface area is 138 Å². The molecular formula is C15H9Br2ClO2. The van der Waals surface area contributed by atoms with Crippen LogP contribution in [0.2, 0.25) is 5.02 Å². The average Bonchev–Trinajstić information content (AvgIpc) is 2.47. The Morgan fingerprint density at radius 1 is 0.800 bits per heavy atom. The van der Waals surface area contributed by atoms with Gasteiger partial charge in [0.2, 0.25) is 3.23 Å². The van der Waals surface area contributed by atoms with Gasteiger partial charge in [0.25, 0.3) is 0 Å². The Morgan fingerprint density at radius 2 is 1.25 bits per heavy atom. The van der Waals surface area contributed by atoms with Crippen molar-refractivity contribution in [1.82, 2.24) is 0 Å². The number of halogens is 3. The summed E-state index contributed by atoms with van der Waals surface area (Å²) in [5, 5.41) is 0.533. The normalized spacial score (nSPS) is 11.2. The molecule has 2 aromatic rings. The summed E-state index contributed by atoms with van der Waals surface area (Å²) >= 11 is 12.2. The summed E-state index contributed by atoms with van der Waals surface area (Å²) in [5.74, 6) is -0.721. The molecule has 0 aliphatic carbocycles. The zero-order chi connectivity index (χ0) is 14.8. The molecule has 0 aromatic heterocycles. The SMILES string of the molecule is O=C(c1ccccc1)C(Br)(Br)C(=O)c1ccc(Cl)cc1. The number of alkyl halides is 2. The van der Waals surface area contributed by atoms with E-state index >= 15 is 0 Å². The maximum atomic E-state index is 12.4. The second kappa shape index (κ2) is 6.20. The van der Waals surface area contributed by atoms with E-state index < -0.39 is 3.23 Å². The van der Waals surface area contributed by atoms with Gasteiger partial charge in [-0.05, 0) is 24.3 Å². The molecule has 2 aromatic carbocycles. The molecular weight excluding hydrogens is 407 g/mol. The molecule has 0 aliphatic rings. The molecule has 0 amide bonds. The first-order valence-corrected chi connectivity index (χ1v) is 7.67. The van der Waals surface area contributed by atoms with E-state index in [1.807, 2.05) is 6.07 Å². The minimum atomic E-state index is -1.48. The monoisotopic (exact) mass is 414 g/mol. The zero-order valence-corrected chi connectivity index (χ0v) is 14.1. The van der Waals surface area contributed by atoms with Crippen LogP contribution in [0.5, 0.6) is 0 Å². The number of rotatable bonds is 4. The maximum absolute atomic E-state index is 12.4. The lowest BCUT2D eigenvalue weighted by molar-refractivity contribution is 0.0894. The van der Waals surface area contributed by atoms with Crippen molar-refractivity contribution in [2.45, 2.75) is 3.23 Å². The topological polar surface area (TPSA) is 34.1 Å². The summed E-state index contributed by atoms with van der Waals surface area (Å²) in [6.07, 6.45) is 0. The van der Waals surface area contributed by atoms with Crippen molar-refractivity contribution in [3.05, 3.63) is 70.7 Å². The van der Waals surface area contributed by atoms with Crippen LogP contribution in [0.3, 0.4) is 0 Å². The van der Waals surface area contributed by atoms with E-state index in [-0.39, 0.29) is 11.6 Å². The van der Waals surface area contributed by atoms with E-state index in [1.165, 1.54) is 0 Å². The predicted octanol–water partition coefficient (Wildman–Crippen LogP) is 4.89. The summed E-state index contributed by atoms with van der Waals surface area (Å²) in [5.41, 5.74) is 0.844. The molecule has 0 saturated carbocycles. The van der Waals surface area contributed by atoms with Gasteiger partial charge in [-0.2, -0.15) is 0 Å². The van der Waals surface area contributed by atoms with Crippen LogP contribution in [0, 0.1) is 0 Å². The second-order valence-corrected chi connectivity index (χ2v) is 7.99. The van der Waals surface area contributed by atoms with Gasteiger partial charge in [-0.1, -0.05) is 73.8 Å². The van der Waals surface area contributed by atoms with Crippen molar-refractivity contribution in [1.29, 1.82) is 0 Å². The maximum Gasteiger partial charge on any atom is 0.205 e. The molecule has 102 valence electrons. The Balaban J connectivity index is 2.32. The van der Waals surface area contributed by atoms with Crippen molar-refractivity contribution in [2.75, 3.05) is 0 Å². The van der Waals surface area contributed by atoms with Gasteiger partial charge in [0, 0.05) is 16.1 Å². The molecule has 0 radical (unpaired) electrons. The minimum Gasteiger partial charge on any atom is -0.291 e. The van der Waals surface area contributed by atoms with Crippen LogP contribution in [0.15, 0.2) is 54.6 Å². The molecule has 0 bridgehead atoms. The summed E-state index contributed by atoms with van der Waals surface area (Å²) in [6.45, 7) is 0. The lowest BCUT2D eigenvalue weighted by atomic mass is 10.0. The molecule has 0 spiro atoms. The highest BCUT2D eigenvalue weighted by Gasteiger charge is 2.41. The first-order valence-electron chi connectivity index (χ1n) is 5.71. The number of benzene rings is 2. The van der Waals surface area contributed by atoms with Crippen LogP contribution >= 0.6 is 43.5 Å². The number of ketones is 2. The Kier molecular flexibility index (Phi) is 4.78. The first kappa shape index (κ1) is 15.4. The van der Waals surface area contributed by atoms with Crippen molar-refractivity contribution >= 4 is 55.0 Å². The summed E-state index contributed by atoms with van der Waals surface area (Å²) < 4.78 is -1.48. The van der Waals surface area contributed by atoms with E-state index in [9.17, 15) is 9.59 Å². The molecule has 0 fully saturated rings. The quantitative estimate of drug-likeness (QED) is 0.404. The van der Waals surface area contributed by atoms with E-state index in [0.717, 1.165) is 0 Å². The fourth-order valence-electron chi connectivity index (χ4n) is 1.66. The van der Waals surface area contributed by atoms with Crippen molar-refractivity contribution < 1.29 is 9.59 Å². The van der Waals surface area contributed by atoms with E-state index in [4.69, 9.17) is 11.6 Å². The van der Waals surface area contributed by atoms with Gasteiger partial charge in [-0.25, -0.2) is 0 Å². The first-order chi connectivity index (χ1) is 9.43. The molecule has 0 saturated heterocycles. The molecule has 5 heteroatoms. The minimum absolute atomic E-state index is 0.349. The molecule has 0 aliphatic heterocycles. The lowest BCUT2D eigenvalue weighted by Gasteiger charge is -2.17. The van der Waals surface area contributed by atoms with E-state index in [1.54, 1.807) is 48.5 Å². The van der Waals surface area contributed by atoms with Gasteiger partial charge in [0.05, 0.1) is 0 Å².